The Hall–Kier alpha value is -2.34. The Labute approximate surface area is 182 Å². The molecule has 3 aromatic rings. The van der Waals surface area contributed by atoms with Crippen LogP contribution in [0.3, 0.4) is 0 Å². The monoisotopic (exact) mass is 470 g/mol. The first-order valence-electron chi connectivity index (χ1n) is 10.3. The number of carbonyl (C=O) groups excluding carboxylic acids is 1. The van der Waals surface area contributed by atoms with Gasteiger partial charge in [0, 0.05) is 22.0 Å². The van der Waals surface area contributed by atoms with Gasteiger partial charge in [-0.25, -0.2) is 8.78 Å². The molecule has 6 heteroatoms. The summed E-state index contributed by atoms with van der Waals surface area (Å²) in [5.74, 6) is -0.494. The highest BCUT2D eigenvalue weighted by Gasteiger charge is 2.58. The minimum Gasteiger partial charge on any atom is -0.323 e. The minimum atomic E-state index is -0.437. The number of nitrogens with zero attached hydrogens (tertiary/aromatic N) is 1. The average Bonchev–Trinajstić information content (AvgIpc) is 3.44. The summed E-state index contributed by atoms with van der Waals surface area (Å²) in [4.78, 5) is 17.1. The van der Waals surface area contributed by atoms with Gasteiger partial charge in [-0.15, -0.1) is 0 Å². The Bertz CT molecular complexity index is 1140. The molecule has 3 nitrogen and oxygen atoms in total. The van der Waals surface area contributed by atoms with Crippen LogP contribution in [0.5, 0.6) is 0 Å². The van der Waals surface area contributed by atoms with Crippen molar-refractivity contribution in [2.45, 2.75) is 38.0 Å². The van der Waals surface area contributed by atoms with Crippen molar-refractivity contribution in [3.8, 4) is 0 Å². The number of rotatable bonds is 3. The van der Waals surface area contributed by atoms with Crippen LogP contribution in [-0.4, -0.2) is 10.9 Å². The molecular formula is C24H21BrF2N2O. The number of hydrogen-bond acceptors (Lipinski definition) is 2. The van der Waals surface area contributed by atoms with Crippen LogP contribution in [0.4, 0.5) is 14.5 Å². The summed E-state index contributed by atoms with van der Waals surface area (Å²) < 4.78 is 28.5. The summed E-state index contributed by atoms with van der Waals surface area (Å²) in [6, 6.07) is 11.4. The Balaban J connectivity index is 1.27. The molecule has 5 rings (SSSR count). The van der Waals surface area contributed by atoms with Crippen molar-refractivity contribution in [3.05, 3.63) is 70.3 Å². The van der Waals surface area contributed by atoms with E-state index in [0.29, 0.717) is 10.4 Å². The molecule has 0 radical (unpaired) electrons. The van der Waals surface area contributed by atoms with E-state index >= 15 is 0 Å². The highest BCUT2D eigenvalue weighted by Crippen LogP contribution is 2.63. The van der Waals surface area contributed by atoms with E-state index < -0.39 is 5.82 Å². The molecule has 154 valence electrons. The summed E-state index contributed by atoms with van der Waals surface area (Å²) in [5.41, 5.74) is 2.21. The topological polar surface area (TPSA) is 42.0 Å². The summed E-state index contributed by atoms with van der Waals surface area (Å²) in [5, 5.41) is 3.64. The fourth-order valence-corrected chi connectivity index (χ4v) is 5.41. The van der Waals surface area contributed by atoms with Crippen LogP contribution in [0.1, 0.15) is 43.6 Å². The second kappa shape index (κ2) is 7.41. The fraction of sp³-hybridized carbons (Fsp3) is 0.333. The molecule has 2 fully saturated rings. The molecule has 1 heterocycles. The van der Waals surface area contributed by atoms with Crippen molar-refractivity contribution in [3.63, 3.8) is 0 Å². The second-order valence-corrected chi connectivity index (χ2v) is 9.48. The van der Waals surface area contributed by atoms with E-state index in [1.165, 1.54) is 12.1 Å². The molecule has 2 aromatic carbocycles. The number of fused-ring (bicyclic) bond motifs is 1. The zero-order valence-corrected chi connectivity index (χ0v) is 17.9. The number of anilines is 1. The van der Waals surface area contributed by atoms with E-state index in [1.54, 1.807) is 30.5 Å². The largest absolute Gasteiger partial charge is 0.323 e. The lowest BCUT2D eigenvalue weighted by Crippen LogP contribution is -2.23. The van der Waals surface area contributed by atoms with Crippen LogP contribution in [-0.2, 0) is 4.79 Å². The van der Waals surface area contributed by atoms with E-state index in [0.717, 1.165) is 48.6 Å². The average molecular weight is 471 g/mol. The van der Waals surface area contributed by atoms with Crippen molar-refractivity contribution in [1.82, 2.24) is 4.98 Å². The minimum absolute atomic E-state index is 0.0283. The fourth-order valence-electron chi connectivity index (χ4n) is 5.08. The molecule has 0 aliphatic heterocycles. The van der Waals surface area contributed by atoms with Crippen LogP contribution in [0.15, 0.2) is 53.1 Å². The normalized spacial score (nSPS) is 25.4. The van der Waals surface area contributed by atoms with Gasteiger partial charge in [0.25, 0.3) is 0 Å². The molecule has 1 spiro atoms. The molecule has 2 saturated carbocycles. The van der Waals surface area contributed by atoms with Crippen LogP contribution in [0, 0.1) is 23.0 Å². The summed E-state index contributed by atoms with van der Waals surface area (Å²) in [6.07, 6.45) is 6.49. The third kappa shape index (κ3) is 3.51. The number of benzene rings is 2. The van der Waals surface area contributed by atoms with Gasteiger partial charge in [-0.3, -0.25) is 9.78 Å². The second-order valence-electron chi connectivity index (χ2n) is 8.57. The molecule has 2 aliphatic carbocycles. The molecule has 30 heavy (non-hydrogen) atoms. The Morgan fingerprint density at radius 3 is 2.67 bits per heavy atom. The lowest BCUT2D eigenvalue weighted by atomic mass is 9.75. The third-order valence-electron chi connectivity index (χ3n) is 6.85. The molecule has 0 saturated heterocycles. The van der Waals surface area contributed by atoms with E-state index in [2.05, 4.69) is 26.2 Å². The van der Waals surface area contributed by atoms with Gasteiger partial charge in [-0.05, 0) is 91.5 Å². The maximum atomic E-state index is 14.0. The van der Waals surface area contributed by atoms with Gasteiger partial charge in [0.1, 0.15) is 11.6 Å². The molecule has 0 bridgehead atoms. The number of halogens is 3. The van der Waals surface area contributed by atoms with Gasteiger partial charge in [0.2, 0.25) is 5.91 Å². The Kier molecular flexibility index (Phi) is 4.85. The Morgan fingerprint density at radius 1 is 1.10 bits per heavy atom. The third-order valence-corrected chi connectivity index (χ3v) is 7.35. The predicted octanol–water partition coefficient (Wildman–Crippen LogP) is 6.58. The summed E-state index contributed by atoms with van der Waals surface area (Å²) in [7, 11) is 0. The number of hydrogen-bond donors (Lipinski definition) is 1. The maximum Gasteiger partial charge on any atom is 0.228 e. The lowest BCUT2D eigenvalue weighted by Gasteiger charge is -2.30. The number of aromatic nitrogens is 1. The first-order chi connectivity index (χ1) is 14.4. The van der Waals surface area contributed by atoms with E-state index in [-0.39, 0.29) is 28.7 Å². The quantitative estimate of drug-likeness (QED) is 0.469. The highest BCUT2D eigenvalue weighted by atomic mass is 79.9. The first-order valence-corrected chi connectivity index (χ1v) is 11.0. The van der Waals surface area contributed by atoms with Crippen LogP contribution < -0.4 is 5.32 Å². The Morgan fingerprint density at radius 2 is 1.90 bits per heavy atom. The molecular weight excluding hydrogens is 450 g/mol. The van der Waals surface area contributed by atoms with E-state index in [1.807, 2.05) is 6.07 Å². The van der Waals surface area contributed by atoms with E-state index in [4.69, 9.17) is 0 Å². The van der Waals surface area contributed by atoms with Gasteiger partial charge in [-0.2, -0.15) is 0 Å². The zero-order valence-electron chi connectivity index (χ0n) is 16.3. The van der Waals surface area contributed by atoms with E-state index in [9.17, 15) is 13.6 Å². The van der Waals surface area contributed by atoms with Gasteiger partial charge >= 0.3 is 0 Å². The standard InChI is InChI=1S/C24H21BrF2N2O/c25-15-1-3-22(20(27)11-15)29-23(30)19-13-24(19)8-5-14(6-9-24)17-7-10-28-21-4-2-16(26)12-18(17)21/h1-4,7,10-12,14,19H,5-6,8-9,13H2,(H,29,30)/t14-,19-,24+/m1/s1. The van der Waals surface area contributed by atoms with Gasteiger partial charge in [0.15, 0.2) is 0 Å². The summed E-state index contributed by atoms with van der Waals surface area (Å²) >= 11 is 3.23. The molecule has 1 N–H and O–H groups in total. The molecule has 1 aromatic heterocycles. The highest BCUT2D eigenvalue weighted by molar-refractivity contribution is 9.10. The number of carbonyl (C=O) groups is 1. The first kappa shape index (κ1) is 19.6. The van der Waals surface area contributed by atoms with Crippen LogP contribution in [0.2, 0.25) is 0 Å². The van der Waals surface area contributed by atoms with Crippen LogP contribution in [0.25, 0.3) is 10.9 Å². The zero-order chi connectivity index (χ0) is 20.9. The molecule has 1 atom stereocenters. The van der Waals surface area contributed by atoms with Crippen molar-refractivity contribution in [1.29, 1.82) is 0 Å². The molecule has 0 unspecified atom stereocenters. The van der Waals surface area contributed by atoms with Crippen LogP contribution >= 0.6 is 15.9 Å². The number of pyridine rings is 1. The van der Waals surface area contributed by atoms with Crippen molar-refractivity contribution in [2.75, 3.05) is 5.32 Å². The molecule has 1 amide bonds. The number of nitrogens with one attached hydrogen (secondary N) is 1. The lowest BCUT2D eigenvalue weighted by molar-refractivity contribution is -0.118. The predicted molar refractivity (Wildman–Crippen MR) is 116 cm³/mol. The smallest absolute Gasteiger partial charge is 0.228 e. The van der Waals surface area contributed by atoms with Crippen molar-refractivity contribution in [2.24, 2.45) is 11.3 Å². The van der Waals surface area contributed by atoms with Gasteiger partial charge in [0.05, 0.1) is 11.2 Å². The van der Waals surface area contributed by atoms with Gasteiger partial charge < -0.3 is 5.32 Å². The van der Waals surface area contributed by atoms with Crippen molar-refractivity contribution >= 4 is 38.4 Å². The SMILES string of the molecule is O=C(Nc1ccc(Br)cc1F)[C@H]1C[C@]12CC[C@H](c1ccnc3ccc(F)cc31)CC2. The molecule has 2 aliphatic rings. The maximum absolute atomic E-state index is 14.0. The van der Waals surface area contributed by atoms with Crippen molar-refractivity contribution < 1.29 is 13.6 Å². The van der Waals surface area contributed by atoms with Gasteiger partial charge in [-0.1, -0.05) is 15.9 Å². The summed E-state index contributed by atoms with van der Waals surface area (Å²) in [6.45, 7) is 0. The number of amides is 1.